The average molecular weight is 320 g/mol. The number of benzene rings is 1. The van der Waals surface area contributed by atoms with Crippen molar-refractivity contribution in [1.29, 1.82) is 0 Å². The number of aliphatic carboxylic acids is 1. The fourth-order valence-electron chi connectivity index (χ4n) is 2.15. The summed E-state index contributed by atoms with van der Waals surface area (Å²) >= 11 is 0. The molecule has 1 rings (SSSR count). The maximum Gasteiger partial charge on any atom is 0.323 e. The van der Waals surface area contributed by atoms with Crippen molar-refractivity contribution >= 4 is 17.8 Å². The molecule has 2 N–H and O–H groups in total. The molecule has 0 saturated carbocycles. The monoisotopic (exact) mass is 320 g/mol. The summed E-state index contributed by atoms with van der Waals surface area (Å²) in [6, 6.07) is 8.85. The lowest BCUT2D eigenvalue weighted by Gasteiger charge is -2.22. The van der Waals surface area contributed by atoms with Crippen LogP contribution in [0.4, 0.5) is 0 Å². The molecule has 0 radical (unpaired) electrons. The zero-order valence-corrected chi connectivity index (χ0v) is 13.6. The Kier molecular flexibility index (Phi) is 7.80. The molecule has 0 aliphatic carbocycles. The van der Waals surface area contributed by atoms with Crippen molar-refractivity contribution in [3.05, 3.63) is 35.9 Å². The standard InChI is InChI=1S/C17H24N2O4/c1-13(2)11-19(12-16(21)22)15(20)9-6-10-18-17(23)14-7-4-3-5-8-14/h3-5,7-8,13H,6,9-12H2,1-2H3,(H,18,23)(H,21,22). The Labute approximate surface area is 136 Å². The molecule has 0 aromatic heterocycles. The number of carboxylic acids is 1. The van der Waals surface area contributed by atoms with E-state index in [9.17, 15) is 14.4 Å². The van der Waals surface area contributed by atoms with Crippen LogP contribution in [0.1, 0.15) is 37.0 Å². The summed E-state index contributed by atoms with van der Waals surface area (Å²) in [5.41, 5.74) is 0.575. The van der Waals surface area contributed by atoms with Crippen molar-refractivity contribution < 1.29 is 19.5 Å². The van der Waals surface area contributed by atoms with E-state index in [1.165, 1.54) is 4.90 Å². The zero-order chi connectivity index (χ0) is 17.2. The van der Waals surface area contributed by atoms with Gasteiger partial charge in [0.05, 0.1) is 0 Å². The summed E-state index contributed by atoms with van der Waals surface area (Å²) in [5.74, 6) is -1.19. The minimum Gasteiger partial charge on any atom is -0.480 e. The van der Waals surface area contributed by atoms with Crippen LogP contribution in [0.15, 0.2) is 30.3 Å². The molecular formula is C17H24N2O4. The summed E-state index contributed by atoms with van der Waals surface area (Å²) in [6.45, 7) is 4.38. The highest BCUT2D eigenvalue weighted by molar-refractivity contribution is 5.94. The van der Waals surface area contributed by atoms with E-state index >= 15 is 0 Å². The third-order valence-electron chi connectivity index (χ3n) is 3.15. The second-order valence-electron chi connectivity index (χ2n) is 5.79. The molecule has 2 amide bonds. The maximum absolute atomic E-state index is 12.1. The van der Waals surface area contributed by atoms with Crippen molar-refractivity contribution in [2.45, 2.75) is 26.7 Å². The van der Waals surface area contributed by atoms with E-state index in [0.29, 0.717) is 25.1 Å². The molecule has 6 heteroatoms. The molecular weight excluding hydrogens is 296 g/mol. The van der Waals surface area contributed by atoms with Gasteiger partial charge in [0.25, 0.3) is 5.91 Å². The molecule has 0 aliphatic heterocycles. The van der Waals surface area contributed by atoms with Gasteiger partial charge in [0.2, 0.25) is 5.91 Å². The quantitative estimate of drug-likeness (QED) is 0.679. The number of rotatable bonds is 9. The molecule has 126 valence electrons. The van der Waals surface area contributed by atoms with Gasteiger partial charge in [0.1, 0.15) is 6.54 Å². The first-order valence-corrected chi connectivity index (χ1v) is 7.73. The molecule has 0 fully saturated rings. The number of carbonyl (C=O) groups excluding carboxylic acids is 2. The summed E-state index contributed by atoms with van der Waals surface area (Å²) in [4.78, 5) is 36.1. The van der Waals surface area contributed by atoms with Crippen LogP contribution in [-0.4, -0.2) is 47.4 Å². The molecule has 1 aromatic rings. The zero-order valence-electron chi connectivity index (χ0n) is 13.6. The van der Waals surface area contributed by atoms with E-state index in [1.807, 2.05) is 19.9 Å². The molecule has 0 bridgehead atoms. The summed E-state index contributed by atoms with van der Waals surface area (Å²) in [6.07, 6.45) is 0.695. The Bertz CT molecular complexity index is 529. The Hall–Kier alpha value is -2.37. The molecule has 23 heavy (non-hydrogen) atoms. The molecule has 0 atom stereocenters. The SMILES string of the molecule is CC(C)CN(CC(=O)O)C(=O)CCCNC(=O)c1ccccc1. The first kappa shape index (κ1) is 18.7. The predicted molar refractivity (Wildman–Crippen MR) is 87.1 cm³/mol. The largest absolute Gasteiger partial charge is 0.480 e. The van der Waals surface area contributed by atoms with Crippen LogP contribution >= 0.6 is 0 Å². The van der Waals surface area contributed by atoms with E-state index in [0.717, 1.165) is 0 Å². The van der Waals surface area contributed by atoms with Gasteiger partial charge in [-0.05, 0) is 24.5 Å². The number of hydrogen-bond acceptors (Lipinski definition) is 3. The molecule has 0 saturated heterocycles. The van der Waals surface area contributed by atoms with Gasteiger partial charge in [-0.3, -0.25) is 14.4 Å². The predicted octanol–water partition coefficient (Wildman–Crippen LogP) is 1.77. The maximum atomic E-state index is 12.1. The number of carboxylic acid groups (broad SMARTS) is 1. The van der Waals surface area contributed by atoms with Crippen LogP contribution in [0, 0.1) is 5.92 Å². The van der Waals surface area contributed by atoms with Gasteiger partial charge >= 0.3 is 5.97 Å². The number of nitrogens with one attached hydrogen (secondary N) is 1. The highest BCUT2D eigenvalue weighted by atomic mass is 16.4. The normalized spacial score (nSPS) is 10.4. The Morgan fingerprint density at radius 3 is 2.39 bits per heavy atom. The van der Waals surface area contributed by atoms with Crippen molar-refractivity contribution in [3.63, 3.8) is 0 Å². The molecule has 0 heterocycles. The third-order valence-corrected chi connectivity index (χ3v) is 3.15. The van der Waals surface area contributed by atoms with Crippen LogP contribution in [-0.2, 0) is 9.59 Å². The van der Waals surface area contributed by atoms with Crippen molar-refractivity contribution in [3.8, 4) is 0 Å². The molecule has 6 nitrogen and oxygen atoms in total. The van der Waals surface area contributed by atoms with Crippen molar-refractivity contribution in [2.75, 3.05) is 19.6 Å². The summed E-state index contributed by atoms with van der Waals surface area (Å²) in [5, 5.41) is 11.6. The van der Waals surface area contributed by atoms with Crippen LogP contribution in [0.3, 0.4) is 0 Å². The van der Waals surface area contributed by atoms with Gasteiger partial charge in [-0.15, -0.1) is 0 Å². The van der Waals surface area contributed by atoms with Crippen LogP contribution in [0.25, 0.3) is 0 Å². The molecule has 0 aliphatic rings. The number of nitrogens with zero attached hydrogens (tertiary/aromatic N) is 1. The molecule has 1 aromatic carbocycles. The van der Waals surface area contributed by atoms with Gasteiger partial charge in [0, 0.05) is 25.1 Å². The fraction of sp³-hybridized carbons (Fsp3) is 0.471. The topological polar surface area (TPSA) is 86.7 Å². The second-order valence-corrected chi connectivity index (χ2v) is 5.79. The second kappa shape index (κ2) is 9.61. The fourth-order valence-corrected chi connectivity index (χ4v) is 2.15. The van der Waals surface area contributed by atoms with Crippen molar-refractivity contribution in [2.24, 2.45) is 5.92 Å². The lowest BCUT2D eigenvalue weighted by atomic mass is 10.2. The first-order chi connectivity index (χ1) is 10.9. The smallest absolute Gasteiger partial charge is 0.323 e. The van der Waals surface area contributed by atoms with Crippen LogP contribution < -0.4 is 5.32 Å². The number of carbonyl (C=O) groups is 3. The van der Waals surface area contributed by atoms with Gasteiger partial charge in [-0.2, -0.15) is 0 Å². The van der Waals surface area contributed by atoms with Gasteiger partial charge < -0.3 is 15.3 Å². The van der Waals surface area contributed by atoms with Crippen LogP contribution in [0.5, 0.6) is 0 Å². The Morgan fingerprint density at radius 2 is 1.83 bits per heavy atom. The van der Waals surface area contributed by atoms with E-state index in [4.69, 9.17) is 5.11 Å². The molecule has 0 spiro atoms. The Morgan fingerprint density at radius 1 is 1.17 bits per heavy atom. The van der Waals surface area contributed by atoms with Gasteiger partial charge in [-0.25, -0.2) is 0 Å². The summed E-state index contributed by atoms with van der Waals surface area (Å²) < 4.78 is 0. The summed E-state index contributed by atoms with van der Waals surface area (Å²) in [7, 11) is 0. The third kappa shape index (κ3) is 7.44. The first-order valence-electron chi connectivity index (χ1n) is 7.73. The average Bonchev–Trinajstić information content (AvgIpc) is 2.50. The van der Waals surface area contributed by atoms with Crippen molar-refractivity contribution in [1.82, 2.24) is 10.2 Å². The lowest BCUT2D eigenvalue weighted by molar-refractivity contribution is -0.144. The Balaban J connectivity index is 2.36. The minimum atomic E-state index is -1.02. The van der Waals surface area contributed by atoms with Gasteiger partial charge in [0.15, 0.2) is 0 Å². The highest BCUT2D eigenvalue weighted by Gasteiger charge is 2.17. The van der Waals surface area contributed by atoms with E-state index < -0.39 is 5.97 Å². The molecule has 0 unspecified atom stereocenters. The lowest BCUT2D eigenvalue weighted by Crippen LogP contribution is -2.38. The minimum absolute atomic E-state index is 0.178. The van der Waals surface area contributed by atoms with Gasteiger partial charge in [-0.1, -0.05) is 32.0 Å². The number of hydrogen-bond donors (Lipinski definition) is 2. The highest BCUT2D eigenvalue weighted by Crippen LogP contribution is 2.04. The number of amides is 2. The van der Waals surface area contributed by atoms with E-state index in [1.54, 1.807) is 24.3 Å². The van der Waals surface area contributed by atoms with Crippen LogP contribution in [0.2, 0.25) is 0 Å². The van der Waals surface area contributed by atoms with E-state index in [-0.39, 0.29) is 30.7 Å². The van der Waals surface area contributed by atoms with E-state index in [2.05, 4.69) is 5.32 Å².